The number of aryl methyl sites for hydroxylation is 1. The summed E-state index contributed by atoms with van der Waals surface area (Å²) in [7, 11) is 1.77. The van der Waals surface area contributed by atoms with Crippen molar-refractivity contribution in [3.8, 4) is 0 Å². The Bertz CT molecular complexity index is 604. The second-order valence-electron chi connectivity index (χ2n) is 4.64. The largest absolute Gasteiger partial charge is 0.396 e. The number of nitrogens with zero attached hydrogens (tertiary/aromatic N) is 1. The molecule has 0 spiro atoms. The van der Waals surface area contributed by atoms with Gasteiger partial charge in [0.2, 0.25) is 0 Å². The highest BCUT2D eigenvalue weighted by atomic mass is 16.3. The van der Waals surface area contributed by atoms with Gasteiger partial charge in [-0.1, -0.05) is 25.1 Å². The summed E-state index contributed by atoms with van der Waals surface area (Å²) in [4.78, 5) is 11.8. The van der Waals surface area contributed by atoms with E-state index < -0.39 is 0 Å². The molecule has 0 aliphatic rings. The standard InChI is InChI=1S/C14H18N2O2/c1-10(9-17)8-15-12-7-14(18)16(2)13-6-4-3-5-11(12)13/h3-7,10,15,17H,8-9H2,1-2H3. The molecule has 1 atom stereocenters. The Balaban J connectivity index is 2.44. The Hall–Kier alpha value is -1.81. The molecule has 4 heteroatoms. The number of rotatable bonds is 4. The van der Waals surface area contributed by atoms with E-state index in [1.165, 1.54) is 0 Å². The van der Waals surface area contributed by atoms with Crippen LogP contribution in [0.25, 0.3) is 10.9 Å². The van der Waals surface area contributed by atoms with Crippen LogP contribution in [0.1, 0.15) is 6.92 Å². The number of benzene rings is 1. The average molecular weight is 246 g/mol. The minimum Gasteiger partial charge on any atom is -0.396 e. The van der Waals surface area contributed by atoms with Crippen LogP contribution in [-0.4, -0.2) is 22.8 Å². The van der Waals surface area contributed by atoms with Crippen LogP contribution in [0.4, 0.5) is 5.69 Å². The van der Waals surface area contributed by atoms with Gasteiger partial charge in [0, 0.05) is 37.3 Å². The summed E-state index contributed by atoms with van der Waals surface area (Å²) < 4.78 is 1.63. The second-order valence-corrected chi connectivity index (χ2v) is 4.64. The molecule has 0 radical (unpaired) electrons. The van der Waals surface area contributed by atoms with Gasteiger partial charge >= 0.3 is 0 Å². The van der Waals surface area contributed by atoms with Crippen LogP contribution in [-0.2, 0) is 7.05 Å². The van der Waals surface area contributed by atoms with Gasteiger partial charge in [0.1, 0.15) is 0 Å². The van der Waals surface area contributed by atoms with Crippen LogP contribution in [0.15, 0.2) is 35.1 Å². The molecule has 0 saturated heterocycles. The number of aromatic nitrogens is 1. The van der Waals surface area contributed by atoms with Gasteiger partial charge in [0.15, 0.2) is 0 Å². The molecule has 1 unspecified atom stereocenters. The molecule has 0 amide bonds. The van der Waals surface area contributed by atoms with Crippen molar-refractivity contribution >= 4 is 16.6 Å². The normalized spacial score (nSPS) is 12.6. The summed E-state index contributed by atoms with van der Waals surface area (Å²) >= 11 is 0. The van der Waals surface area contributed by atoms with Crippen LogP contribution in [0.2, 0.25) is 0 Å². The van der Waals surface area contributed by atoms with E-state index in [-0.39, 0.29) is 18.1 Å². The molecule has 0 saturated carbocycles. The second kappa shape index (κ2) is 5.23. The molecule has 96 valence electrons. The molecule has 0 bridgehead atoms. The lowest BCUT2D eigenvalue weighted by Gasteiger charge is -2.14. The predicted molar refractivity (Wildman–Crippen MR) is 73.9 cm³/mol. The fourth-order valence-electron chi connectivity index (χ4n) is 1.91. The molecular formula is C14H18N2O2. The zero-order chi connectivity index (χ0) is 13.1. The lowest BCUT2D eigenvalue weighted by molar-refractivity contribution is 0.244. The lowest BCUT2D eigenvalue weighted by Crippen LogP contribution is -2.20. The molecule has 1 heterocycles. The van der Waals surface area contributed by atoms with Crippen molar-refractivity contribution in [3.63, 3.8) is 0 Å². The third-order valence-electron chi connectivity index (χ3n) is 3.11. The third-order valence-corrected chi connectivity index (χ3v) is 3.11. The molecule has 0 aliphatic heterocycles. The maximum absolute atomic E-state index is 11.8. The summed E-state index contributed by atoms with van der Waals surface area (Å²) in [5.41, 5.74) is 1.70. The molecule has 18 heavy (non-hydrogen) atoms. The fourth-order valence-corrected chi connectivity index (χ4v) is 1.91. The van der Waals surface area contributed by atoms with Crippen molar-refractivity contribution in [3.05, 3.63) is 40.7 Å². The third kappa shape index (κ3) is 2.38. The van der Waals surface area contributed by atoms with E-state index in [2.05, 4.69) is 5.32 Å². The van der Waals surface area contributed by atoms with E-state index >= 15 is 0 Å². The summed E-state index contributed by atoms with van der Waals surface area (Å²) in [6, 6.07) is 9.39. The summed E-state index contributed by atoms with van der Waals surface area (Å²) in [6.45, 7) is 2.74. The highest BCUT2D eigenvalue weighted by Crippen LogP contribution is 2.20. The van der Waals surface area contributed by atoms with Crippen molar-refractivity contribution in [1.82, 2.24) is 4.57 Å². The first-order valence-electron chi connectivity index (χ1n) is 6.07. The number of hydrogen-bond acceptors (Lipinski definition) is 3. The maximum atomic E-state index is 11.8. The quantitative estimate of drug-likeness (QED) is 0.861. The number of fused-ring (bicyclic) bond motifs is 1. The first-order valence-corrected chi connectivity index (χ1v) is 6.07. The molecular weight excluding hydrogens is 228 g/mol. The minimum atomic E-state index is -0.0344. The smallest absolute Gasteiger partial charge is 0.252 e. The molecule has 0 aliphatic carbocycles. The van der Waals surface area contributed by atoms with E-state index in [0.717, 1.165) is 16.6 Å². The zero-order valence-electron chi connectivity index (χ0n) is 10.7. The van der Waals surface area contributed by atoms with Gasteiger partial charge in [-0.05, 0) is 12.0 Å². The first-order chi connectivity index (χ1) is 8.63. The minimum absolute atomic E-state index is 0.0344. The van der Waals surface area contributed by atoms with Gasteiger partial charge in [-0.25, -0.2) is 0 Å². The molecule has 1 aromatic carbocycles. The fraction of sp³-hybridized carbons (Fsp3) is 0.357. The van der Waals surface area contributed by atoms with E-state index in [1.54, 1.807) is 17.7 Å². The van der Waals surface area contributed by atoms with Gasteiger partial charge in [0.25, 0.3) is 5.56 Å². The van der Waals surface area contributed by atoms with Crippen molar-refractivity contribution < 1.29 is 5.11 Å². The highest BCUT2D eigenvalue weighted by Gasteiger charge is 2.07. The Kier molecular flexibility index (Phi) is 3.67. The van der Waals surface area contributed by atoms with Gasteiger partial charge in [0.05, 0.1) is 5.52 Å². The summed E-state index contributed by atoms with van der Waals surface area (Å²) in [5, 5.41) is 13.3. The number of hydrogen-bond donors (Lipinski definition) is 2. The van der Waals surface area contributed by atoms with Crippen molar-refractivity contribution in [2.24, 2.45) is 13.0 Å². The SMILES string of the molecule is CC(CO)CNc1cc(=O)n(C)c2ccccc12. The number of para-hydroxylation sites is 1. The molecule has 2 aromatic rings. The Morgan fingerprint density at radius 2 is 2.11 bits per heavy atom. The van der Waals surface area contributed by atoms with E-state index in [4.69, 9.17) is 5.11 Å². The van der Waals surface area contributed by atoms with Gasteiger partial charge < -0.3 is 15.0 Å². The van der Waals surface area contributed by atoms with E-state index in [1.807, 2.05) is 31.2 Å². The monoisotopic (exact) mass is 246 g/mol. The van der Waals surface area contributed by atoms with E-state index in [0.29, 0.717) is 6.54 Å². The molecule has 1 aromatic heterocycles. The highest BCUT2D eigenvalue weighted by molar-refractivity contribution is 5.91. The van der Waals surface area contributed by atoms with Crippen molar-refractivity contribution in [2.45, 2.75) is 6.92 Å². The number of anilines is 1. The summed E-state index contributed by atoms with van der Waals surface area (Å²) in [6.07, 6.45) is 0. The average Bonchev–Trinajstić information content (AvgIpc) is 2.41. The number of aliphatic hydroxyl groups excluding tert-OH is 1. The molecule has 4 nitrogen and oxygen atoms in total. The number of pyridine rings is 1. The Morgan fingerprint density at radius 1 is 1.39 bits per heavy atom. The van der Waals surface area contributed by atoms with E-state index in [9.17, 15) is 4.79 Å². The maximum Gasteiger partial charge on any atom is 0.252 e. The van der Waals surface area contributed by atoms with Gasteiger partial charge in [-0.15, -0.1) is 0 Å². The molecule has 0 fully saturated rings. The molecule has 2 rings (SSSR count). The predicted octanol–water partition coefficient (Wildman–Crippen LogP) is 1.58. The van der Waals surface area contributed by atoms with Crippen LogP contribution >= 0.6 is 0 Å². The summed E-state index contributed by atoms with van der Waals surface area (Å²) in [5.74, 6) is 0.160. The van der Waals surface area contributed by atoms with Crippen LogP contribution in [0.3, 0.4) is 0 Å². The van der Waals surface area contributed by atoms with Crippen molar-refractivity contribution in [1.29, 1.82) is 0 Å². The number of nitrogens with one attached hydrogen (secondary N) is 1. The number of aliphatic hydroxyl groups is 1. The zero-order valence-corrected chi connectivity index (χ0v) is 10.7. The van der Waals surface area contributed by atoms with Crippen LogP contribution in [0.5, 0.6) is 0 Å². The Morgan fingerprint density at radius 3 is 2.83 bits per heavy atom. The Labute approximate surface area is 106 Å². The van der Waals surface area contributed by atoms with Gasteiger partial charge in [-0.3, -0.25) is 4.79 Å². The molecule has 2 N–H and O–H groups in total. The van der Waals surface area contributed by atoms with Gasteiger partial charge in [-0.2, -0.15) is 0 Å². The topological polar surface area (TPSA) is 54.3 Å². The first kappa shape index (κ1) is 12.6. The van der Waals surface area contributed by atoms with Crippen molar-refractivity contribution in [2.75, 3.05) is 18.5 Å². The van der Waals surface area contributed by atoms with Crippen LogP contribution < -0.4 is 10.9 Å². The lowest BCUT2D eigenvalue weighted by atomic mass is 10.1. The van der Waals surface area contributed by atoms with Crippen LogP contribution in [0, 0.1) is 5.92 Å².